The van der Waals surface area contributed by atoms with Gasteiger partial charge in [-0.2, -0.15) is 0 Å². The van der Waals surface area contributed by atoms with Crippen LogP contribution in [0, 0.1) is 13.8 Å². The third-order valence-corrected chi connectivity index (χ3v) is 9.50. The molecule has 0 saturated carbocycles. The van der Waals surface area contributed by atoms with Crippen molar-refractivity contribution in [1.29, 1.82) is 0 Å². The van der Waals surface area contributed by atoms with Gasteiger partial charge in [-0.05, 0) is 54.8 Å². The van der Waals surface area contributed by atoms with E-state index < -0.39 is 0 Å². The highest BCUT2D eigenvalue weighted by atomic mass is 35.5. The normalized spacial score (nSPS) is 14.5. The van der Waals surface area contributed by atoms with E-state index in [0.29, 0.717) is 0 Å². The first-order valence-electron chi connectivity index (χ1n) is 12.1. The van der Waals surface area contributed by atoms with Crippen molar-refractivity contribution in [1.82, 2.24) is 0 Å². The Kier molecular flexibility index (Phi) is 6.39. The van der Waals surface area contributed by atoms with Gasteiger partial charge in [0.25, 0.3) is 0 Å². The lowest BCUT2D eigenvalue weighted by molar-refractivity contribution is 1.16. The van der Waals surface area contributed by atoms with Crippen LogP contribution < -0.4 is 5.32 Å². The lowest BCUT2D eigenvalue weighted by atomic mass is 9.98. The summed E-state index contributed by atoms with van der Waals surface area (Å²) in [5, 5.41) is 4.81. The zero-order valence-corrected chi connectivity index (χ0v) is 22.6. The highest BCUT2D eigenvalue weighted by molar-refractivity contribution is 8.00. The molecule has 0 amide bonds. The van der Waals surface area contributed by atoms with Crippen molar-refractivity contribution in [2.24, 2.45) is 0 Å². The van der Waals surface area contributed by atoms with E-state index in [4.69, 9.17) is 11.6 Å². The van der Waals surface area contributed by atoms with E-state index in [9.17, 15) is 0 Å². The summed E-state index contributed by atoms with van der Waals surface area (Å²) in [4.78, 5) is 3.93. The first-order chi connectivity index (χ1) is 17.5. The number of fused-ring (bicyclic) bond motifs is 2. The molecular formula is C32H26ClNS2. The zero-order chi connectivity index (χ0) is 24.6. The predicted molar refractivity (Wildman–Crippen MR) is 157 cm³/mol. The van der Waals surface area contributed by atoms with Crippen LogP contribution in [0.2, 0.25) is 5.02 Å². The Morgan fingerprint density at radius 3 is 2.17 bits per heavy atom. The Morgan fingerprint density at radius 2 is 1.44 bits per heavy atom. The maximum atomic E-state index is 6.28. The fourth-order valence-corrected chi connectivity index (χ4v) is 7.52. The molecule has 1 nitrogen and oxygen atoms in total. The molecule has 4 heteroatoms. The number of thioether (sulfide) groups is 1. The molecule has 1 aliphatic rings. The van der Waals surface area contributed by atoms with Gasteiger partial charge in [-0.15, -0.1) is 23.1 Å². The highest BCUT2D eigenvalue weighted by Gasteiger charge is 2.31. The molecule has 1 aromatic heterocycles. The lowest BCUT2D eigenvalue weighted by Crippen LogP contribution is -2.00. The monoisotopic (exact) mass is 523 g/mol. The Hall–Kier alpha value is -2.98. The maximum Gasteiger partial charge on any atom is 0.0629 e. The Bertz CT molecular complexity index is 1520. The molecule has 4 aromatic carbocycles. The molecule has 1 atom stereocenters. The number of hydrogen-bond donors (Lipinski definition) is 1. The molecule has 0 radical (unpaired) electrons. The number of halogens is 1. The number of nitrogens with one attached hydrogen (secondary N) is 1. The summed E-state index contributed by atoms with van der Waals surface area (Å²) in [5.41, 5.74) is 10.2. The van der Waals surface area contributed by atoms with Crippen molar-refractivity contribution in [3.8, 4) is 10.4 Å². The van der Waals surface area contributed by atoms with Crippen LogP contribution in [0.4, 0.5) is 11.4 Å². The summed E-state index contributed by atoms with van der Waals surface area (Å²) in [7, 11) is 0. The van der Waals surface area contributed by atoms with E-state index in [0.717, 1.165) is 11.4 Å². The summed E-state index contributed by atoms with van der Waals surface area (Å²) in [6.07, 6.45) is 0.890. The van der Waals surface area contributed by atoms with Gasteiger partial charge < -0.3 is 5.32 Å². The van der Waals surface area contributed by atoms with Crippen molar-refractivity contribution >= 4 is 46.1 Å². The highest BCUT2D eigenvalue weighted by Crippen LogP contribution is 2.56. The van der Waals surface area contributed by atoms with Gasteiger partial charge in [-0.1, -0.05) is 95.5 Å². The molecule has 0 spiro atoms. The topological polar surface area (TPSA) is 12.0 Å². The second kappa shape index (κ2) is 9.82. The average Bonchev–Trinajstić information content (AvgIpc) is 3.13. The molecule has 0 fully saturated rings. The molecule has 178 valence electrons. The minimum atomic E-state index is 0.172. The van der Waals surface area contributed by atoms with E-state index in [1.807, 2.05) is 35.2 Å². The van der Waals surface area contributed by atoms with Crippen LogP contribution in [-0.4, -0.2) is 0 Å². The van der Waals surface area contributed by atoms with Crippen molar-refractivity contribution < 1.29 is 0 Å². The number of aryl methyl sites for hydroxylation is 2. The number of hydrogen-bond acceptors (Lipinski definition) is 3. The van der Waals surface area contributed by atoms with Crippen LogP contribution in [0.3, 0.4) is 0 Å². The van der Waals surface area contributed by atoms with E-state index in [1.54, 1.807) is 0 Å². The first-order valence-corrected chi connectivity index (χ1v) is 14.2. The van der Waals surface area contributed by atoms with Crippen LogP contribution >= 0.6 is 34.7 Å². The van der Waals surface area contributed by atoms with Crippen LogP contribution in [0.1, 0.15) is 37.9 Å². The van der Waals surface area contributed by atoms with Crippen LogP contribution in [0.25, 0.3) is 10.4 Å². The quantitative estimate of drug-likeness (QED) is 0.251. The molecule has 2 heterocycles. The van der Waals surface area contributed by atoms with E-state index in [-0.39, 0.29) is 5.25 Å². The smallest absolute Gasteiger partial charge is 0.0629 e. The molecule has 1 unspecified atom stereocenters. The van der Waals surface area contributed by atoms with Gasteiger partial charge in [-0.3, -0.25) is 0 Å². The third-order valence-electron chi connectivity index (χ3n) is 6.64. The average molecular weight is 524 g/mol. The van der Waals surface area contributed by atoms with E-state index >= 15 is 0 Å². The van der Waals surface area contributed by atoms with Crippen LogP contribution in [-0.2, 0) is 6.42 Å². The second-order valence-electron chi connectivity index (χ2n) is 9.34. The number of benzene rings is 4. The van der Waals surface area contributed by atoms with Gasteiger partial charge >= 0.3 is 0 Å². The summed E-state index contributed by atoms with van der Waals surface area (Å²) >= 11 is 10.1. The summed E-state index contributed by atoms with van der Waals surface area (Å²) < 4.78 is 0. The fourth-order valence-electron chi connectivity index (χ4n) is 4.68. The van der Waals surface area contributed by atoms with E-state index in [1.165, 1.54) is 59.4 Å². The molecule has 6 rings (SSSR count). The van der Waals surface area contributed by atoms with Gasteiger partial charge in [0.15, 0.2) is 0 Å². The Balaban J connectivity index is 1.58. The molecule has 0 aliphatic carbocycles. The molecule has 5 aromatic rings. The minimum Gasteiger partial charge on any atom is -0.353 e. The van der Waals surface area contributed by atoms with Gasteiger partial charge in [0.1, 0.15) is 0 Å². The molecule has 1 N–H and O–H groups in total. The minimum absolute atomic E-state index is 0.172. The summed E-state index contributed by atoms with van der Waals surface area (Å²) in [6.45, 7) is 4.29. The van der Waals surface area contributed by atoms with Gasteiger partial charge in [-0.25, -0.2) is 0 Å². The number of thiophene rings is 1. The Morgan fingerprint density at radius 1 is 0.778 bits per heavy atom. The van der Waals surface area contributed by atoms with Crippen LogP contribution in [0.15, 0.2) is 102 Å². The van der Waals surface area contributed by atoms with Crippen molar-refractivity contribution in [3.05, 3.63) is 135 Å². The SMILES string of the molecule is Cc1ccc(Cc2sc(-c3ccc(Cl)cc3)c3c2Nc2ccccc2SC3c2ccc(C)cc2)cc1. The number of para-hydroxylation sites is 1. The molecule has 1 aliphatic heterocycles. The van der Waals surface area contributed by atoms with Gasteiger partial charge in [0.05, 0.1) is 16.6 Å². The zero-order valence-electron chi connectivity index (χ0n) is 20.2. The fraction of sp³-hybridized carbons (Fsp3) is 0.125. The van der Waals surface area contributed by atoms with Gasteiger partial charge in [0, 0.05) is 31.7 Å². The Labute approximate surface area is 226 Å². The standard InChI is InChI=1S/C32H26ClNS2/c1-20-7-11-22(12-8-20)19-28-30-29(32(36-28)24-15-17-25(33)18-16-24)31(23-13-9-21(2)10-14-23)35-27-6-4-3-5-26(27)34-30/h3-18,31,34H,19H2,1-2H3. The molecule has 0 bridgehead atoms. The number of anilines is 2. The largest absolute Gasteiger partial charge is 0.353 e. The van der Waals surface area contributed by atoms with Crippen molar-refractivity contribution in [2.45, 2.75) is 30.4 Å². The second-order valence-corrected chi connectivity index (χ2v) is 12.0. The molecular weight excluding hydrogens is 498 g/mol. The predicted octanol–water partition coefficient (Wildman–Crippen LogP) is 10.2. The summed E-state index contributed by atoms with van der Waals surface area (Å²) in [6, 6.07) is 34.9. The van der Waals surface area contributed by atoms with Gasteiger partial charge in [0.2, 0.25) is 0 Å². The maximum absolute atomic E-state index is 6.28. The first kappa shape index (κ1) is 23.4. The van der Waals surface area contributed by atoms with Crippen molar-refractivity contribution in [2.75, 3.05) is 5.32 Å². The summed E-state index contributed by atoms with van der Waals surface area (Å²) in [5.74, 6) is 0. The number of rotatable bonds is 4. The van der Waals surface area contributed by atoms with E-state index in [2.05, 4.69) is 104 Å². The lowest BCUT2D eigenvalue weighted by Gasteiger charge is -2.18. The molecule has 36 heavy (non-hydrogen) atoms. The van der Waals surface area contributed by atoms with Crippen LogP contribution in [0.5, 0.6) is 0 Å². The van der Waals surface area contributed by atoms with Crippen molar-refractivity contribution in [3.63, 3.8) is 0 Å². The third kappa shape index (κ3) is 4.59. The molecule has 0 saturated heterocycles.